The third kappa shape index (κ3) is 9.31. The highest BCUT2D eigenvalue weighted by molar-refractivity contribution is 14.0. The van der Waals surface area contributed by atoms with Gasteiger partial charge in [-0.1, -0.05) is 26.0 Å². The van der Waals surface area contributed by atoms with Crippen LogP contribution in [0.1, 0.15) is 51.5 Å². The number of guanidine groups is 1. The Balaban J connectivity index is 0.00000385. The number of hydrogen-bond donors (Lipinski definition) is 3. The Kier molecular flexibility index (Phi) is 12.3. The number of likely N-dealkylation sites (tertiary alicyclic amines) is 1. The van der Waals surface area contributed by atoms with E-state index in [2.05, 4.69) is 68.9 Å². The van der Waals surface area contributed by atoms with E-state index in [0.717, 1.165) is 70.4 Å². The van der Waals surface area contributed by atoms with Gasteiger partial charge < -0.3 is 20.9 Å². The Bertz CT molecular complexity index is 725. The minimum absolute atomic E-state index is 0. The lowest BCUT2D eigenvalue weighted by Crippen LogP contribution is -2.50. The first-order chi connectivity index (χ1) is 15.6. The average molecular weight is 571 g/mol. The molecule has 0 aromatic heterocycles. The fraction of sp³-hybridized carbons (Fsp3) is 0.680. The van der Waals surface area contributed by atoms with Crippen molar-refractivity contribution in [1.82, 2.24) is 20.9 Å². The first-order valence-corrected chi connectivity index (χ1v) is 12.4. The molecule has 186 valence electrons. The fourth-order valence-corrected chi connectivity index (χ4v) is 4.42. The molecule has 2 aliphatic heterocycles. The van der Waals surface area contributed by atoms with Crippen molar-refractivity contribution in [3.8, 4) is 0 Å². The number of aliphatic imine (C=N–C) groups is 1. The Hall–Kier alpha value is -1.55. The summed E-state index contributed by atoms with van der Waals surface area (Å²) in [6.45, 7) is 10.6. The molecular formula is C25H43IN6O. The Labute approximate surface area is 217 Å². The van der Waals surface area contributed by atoms with E-state index in [1.54, 1.807) is 0 Å². The van der Waals surface area contributed by atoms with E-state index in [4.69, 9.17) is 0 Å². The summed E-state index contributed by atoms with van der Waals surface area (Å²) >= 11 is 0. The lowest BCUT2D eigenvalue weighted by molar-refractivity contribution is -0.122. The van der Waals surface area contributed by atoms with Crippen LogP contribution in [0.5, 0.6) is 0 Å². The van der Waals surface area contributed by atoms with E-state index >= 15 is 0 Å². The molecule has 0 bridgehead atoms. The van der Waals surface area contributed by atoms with Crippen LogP contribution in [0.25, 0.3) is 0 Å². The van der Waals surface area contributed by atoms with Gasteiger partial charge in [0.2, 0.25) is 5.91 Å². The van der Waals surface area contributed by atoms with Crippen LogP contribution in [0.15, 0.2) is 29.3 Å². The van der Waals surface area contributed by atoms with E-state index in [-0.39, 0.29) is 29.9 Å². The second-order valence-electron chi connectivity index (χ2n) is 9.31. The first-order valence-electron chi connectivity index (χ1n) is 12.4. The van der Waals surface area contributed by atoms with Crippen LogP contribution in [0.4, 0.5) is 5.69 Å². The van der Waals surface area contributed by atoms with Crippen LogP contribution >= 0.6 is 24.0 Å². The molecule has 2 heterocycles. The molecule has 1 aromatic rings. The molecule has 0 unspecified atom stereocenters. The van der Waals surface area contributed by atoms with Gasteiger partial charge in [0, 0.05) is 58.0 Å². The smallest absolute Gasteiger partial charge is 0.234 e. The lowest BCUT2D eigenvalue weighted by Gasteiger charge is -2.32. The maximum absolute atomic E-state index is 11.9. The van der Waals surface area contributed by atoms with Crippen molar-refractivity contribution in [2.24, 2.45) is 10.9 Å². The third-order valence-corrected chi connectivity index (χ3v) is 6.64. The minimum atomic E-state index is 0. The number of nitrogens with one attached hydrogen (secondary N) is 3. The number of benzene rings is 1. The normalized spacial score (nSPS) is 18.5. The Morgan fingerprint density at radius 1 is 1.03 bits per heavy atom. The molecule has 3 rings (SSSR count). The van der Waals surface area contributed by atoms with Gasteiger partial charge in [0.05, 0.1) is 6.54 Å². The van der Waals surface area contributed by atoms with Crippen molar-refractivity contribution in [3.63, 3.8) is 0 Å². The molecule has 33 heavy (non-hydrogen) atoms. The molecule has 7 nitrogen and oxygen atoms in total. The van der Waals surface area contributed by atoms with Gasteiger partial charge in [-0.25, -0.2) is 0 Å². The highest BCUT2D eigenvalue weighted by Gasteiger charge is 2.21. The van der Waals surface area contributed by atoms with E-state index in [0.29, 0.717) is 12.6 Å². The summed E-state index contributed by atoms with van der Waals surface area (Å²) in [5.41, 5.74) is 2.59. The van der Waals surface area contributed by atoms with E-state index in [1.165, 1.54) is 24.1 Å². The number of halogens is 1. The van der Waals surface area contributed by atoms with E-state index < -0.39 is 0 Å². The van der Waals surface area contributed by atoms with Gasteiger partial charge >= 0.3 is 0 Å². The zero-order valence-corrected chi connectivity index (χ0v) is 22.9. The second-order valence-corrected chi connectivity index (χ2v) is 9.31. The lowest BCUT2D eigenvalue weighted by atomic mass is 9.99. The van der Waals surface area contributed by atoms with Crippen molar-refractivity contribution < 1.29 is 4.79 Å². The summed E-state index contributed by atoms with van der Waals surface area (Å²) in [5.74, 6) is 1.83. The number of carbonyl (C=O) groups excluding carboxylic acids is 1. The number of amides is 1. The summed E-state index contributed by atoms with van der Waals surface area (Å²) in [6, 6.07) is 9.32. The summed E-state index contributed by atoms with van der Waals surface area (Å²) in [7, 11) is 1.82. The molecular weight excluding hydrogens is 527 g/mol. The Morgan fingerprint density at radius 2 is 1.70 bits per heavy atom. The average Bonchev–Trinajstić information content (AvgIpc) is 2.82. The van der Waals surface area contributed by atoms with Gasteiger partial charge in [-0.2, -0.15) is 0 Å². The van der Waals surface area contributed by atoms with Crippen LogP contribution in [-0.2, 0) is 11.3 Å². The van der Waals surface area contributed by atoms with E-state index in [1.807, 2.05) is 7.05 Å². The van der Waals surface area contributed by atoms with Crippen LogP contribution in [0, 0.1) is 5.92 Å². The van der Waals surface area contributed by atoms with Crippen LogP contribution in [0.2, 0.25) is 0 Å². The van der Waals surface area contributed by atoms with Gasteiger partial charge in [-0.05, 0) is 55.7 Å². The summed E-state index contributed by atoms with van der Waals surface area (Å²) in [6.07, 6.45) is 5.59. The van der Waals surface area contributed by atoms with Crippen molar-refractivity contribution in [2.45, 2.75) is 58.5 Å². The number of nitrogens with zero attached hydrogens (tertiary/aromatic N) is 3. The molecule has 0 saturated carbocycles. The molecule has 1 aromatic carbocycles. The summed E-state index contributed by atoms with van der Waals surface area (Å²) in [5, 5.41) is 9.97. The zero-order chi connectivity index (χ0) is 22.8. The SMILES string of the molecule is CCCNC(=O)CN1CCC(NC(=NC)NCc2ccc(N3CCC(C)CC3)cc2)CC1.I. The molecule has 0 spiro atoms. The molecule has 1 amide bonds. The maximum atomic E-state index is 11.9. The highest BCUT2D eigenvalue weighted by atomic mass is 127. The molecule has 8 heteroatoms. The van der Waals surface area contributed by atoms with Crippen molar-refractivity contribution in [3.05, 3.63) is 29.8 Å². The van der Waals surface area contributed by atoms with Crippen molar-refractivity contribution >= 4 is 41.5 Å². The summed E-state index contributed by atoms with van der Waals surface area (Å²) < 4.78 is 0. The first kappa shape index (κ1) is 27.7. The maximum Gasteiger partial charge on any atom is 0.234 e. The Morgan fingerprint density at radius 3 is 2.30 bits per heavy atom. The number of rotatable bonds is 8. The van der Waals surface area contributed by atoms with Crippen molar-refractivity contribution in [1.29, 1.82) is 0 Å². The molecule has 3 N–H and O–H groups in total. The number of anilines is 1. The van der Waals surface area contributed by atoms with Crippen LogP contribution in [-0.4, -0.2) is 69.1 Å². The quantitative estimate of drug-likeness (QED) is 0.255. The highest BCUT2D eigenvalue weighted by Crippen LogP contribution is 2.23. The molecule has 2 aliphatic rings. The zero-order valence-electron chi connectivity index (χ0n) is 20.6. The van der Waals surface area contributed by atoms with Gasteiger partial charge in [-0.15, -0.1) is 24.0 Å². The second kappa shape index (κ2) is 14.7. The third-order valence-electron chi connectivity index (χ3n) is 6.64. The predicted octanol–water partition coefficient (Wildman–Crippen LogP) is 3.20. The number of piperidine rings is 2. The monoisotopic (exact) mass is 570 g/mol. The topological polar surface area (TPSA) is 72.0 Å². The molecule has 0 aliphatic carbocycles. The summed E-state index contributed by atoms with van der Waals surface area (Å²) in [4.78, 5) is 21.1. The van der Waals surface area contributed by atoms with E-state index in [9.17, 15) is 4.79 Å². The van der Waals surface area contributed by atoms with Crippen LogP contribution < -0.4 is 20.9 Å². The fourth-order valence-electron chi connectivity index (χ4n) is 4.42. The number of carbonyl (C=O) groups is 1. The predicted molar refractivity (Wildman–Crippen MR) is 149 cm³/mol. The molecule has 0 radical (unpaired) electrons. The number of hydrogen-bond acceptors (Lipinski definition) is 4. The minimum Gasteiger partial charge on any atom is -0.372 e. The van der Waals surface area contributed by atoms with Gasteiger partial charge in [0.25, 0.3) is 0 Å². The van der Waals surface area contributed by atoms with Gasteiger partial charge in [0.15, 0.2) is 5.96 Å². The van der Waals surface area contributed by atoms with Crippen molar-refractivity contribution in [2.75, 3.05) is 51.2 Å². The standard InChI is InChI=1S/C25H42N6O.HI/c1-4-13-27-24(32)19-30-14-11-22(12-15-30)29-25(26-3)28-18-21-5-7-23(8-6-21)31-16-9-20(2)10-17-31;/h5-8,20,22H,4,9-19H2,1-3H3,(H,27,32)(H2,26,28,29);1H. The van der Waals surface area contributed by atoms with Gasteiger partial charge in [0.1, 0.15) is 0 Å². The van der Waals surface area contributed by atoms with Crippen LogP contribution in [0.3, 0.4) is 0 Å². The molecule has 0 atom stereocenters. The molecule has 2 fully saturated rings. The molecule has 2 saturated heterocycles. The van der Waals surface area contributed by atoms with Gasteiger partial charge in [-0.3, -0.25) is 14.7 Å². The largest absolute Gasteiger partial charge is 0.372 e.